The molecule has 0 aliphatic heterocycles. The maximum atomic E-state index is 2.17. The van der Waals surface area contributed by atoms with Crippen LogP contribution in [0.2, 0.25) is 0 Å². The normalized spacial score (nSPS) is 5.33. The van der Waals surface area contributed by atoms with Gasteiger partial charge in [-0.25, -0.2) is 0 Å². The standard InChI is InChI=1S/C4H10.2C3H8.4C2H6/c1-4(2)3;2*1-3-2;4*1-2/h4H,1-3H3;2*3H2,1-2H3;4*1-2H3. The quantitative estimate of drug-likeness (QED) is 0.411. The number of hydrogen-bond acceptors (Lipinski definition) is 0. The summed E-state index contributed by atoms with van der Waals surface area (Å²) >= 11 is 0. The van der Waals surface area contributed by atoms with Gasteiger partial charge in [0.25, 0.3) is 0 Å². The van der Waals surface area contributed by atoms with Gasteiger partial charge in [0, 0.05) is 0 Å². The molecule has 0 aliphatic carbocycles. The van der Waals surface area contributed by atoms with Crippen LogP contribution in [0.4, 0.5) is 0 Å². The molecule has 0 aliphatic rings. The molecule has 0 heterocycles. The van der Waals surface area contributed by atoms with Crippen LogP contribution in [0.15, 0.2) is 0 Å². The first-order valence-corrected chi connectivity index (χ1v) is 8.56. The SMILES string of the molecule is CC.CC.CC.CC.CC(C)C.CCC.CCC. The maximum Gasteiger partial charge on any atom is -0.0500 e. The molecule has 0 amide bonds. The lowest BCUT2D eigenvalue weighted by atomic mass is 10.3. The van der Waals surface area contributed by atoms with E-state index in [1.54, 1.807) is 0 Å². The monoisotopic (exact) mass is 266 g/mol. The molecular formula is C18H50. The summed E-state index contributed by atoms with van der Waals surface area (Å²) in [4.78, 5) is 0. The summed E-state index contributed by atoms with van der Waals surface area (Å²) in [6.07, 6.45) is 2.50. The van der Waals surface area contributed by atoms with Crippen molar-refractivity contribution < 1.29 is 0 Å². The Hall–Kier alpha value is 0. The zero-order valence-electron chi connectivity index (χ0n) is 17.0. The van der Waals surface area contributed by atoms with E-state index < -0.39 is 0 Å². The Morgan fingerprint density at radius 3 is 0.444 bits per heavy atom. The summed E-state index contributed by atoms with van der Waals surface area (Å²) in [5.41, 5.74) is 0. The van der Waals surface area contributed by atoms with Crippen LogP contribution < -0.4 is 0 Å². The first-order valence-electron chi connectivity index (χ1n) is 8.56. The molecule has 0 radical (unpaired) electrons. The van der Waals surface area contributed by atoms with Gasteiger partial charge in [0.15, 0.2) is 0 Å². The third kappa shape index (κ3) is 0. The van der Waals surface area contributed by atoms with Crippen LogP contribution in [-0.2, 0) is 0 Å². The second-order valence-electron chi connectivity index (χ2n) is 3.15. The van der Waals surface area contributed by atoms with Crippen molar-refractivity contribution in [1.29, 1.82) is 0 Å². The van der Waals surface area contributed by atoms with Crippen molar-refractivity contribution in [2.24, 2.45) is 5.92 Å². The van der Waals surface area contributed by atoms with Crippen LogP contribution in [-0.4, -0.2) is 0 Å². The van der Waals surface area contributed by atoms with E-state index in [0.717, 1.165) is 5.92 Å². The Morgan fingerprint density at radius 2 is 0.444 bits per heavy atom. The molecule has 0 aromatic heterocycles. The minimum absolute atomic E-state index is 0.833. The molecule has 0 bridgehead atoms. The van der Waals surface area contributed by atoms with Gasteiger partial charge in [-0.3, -0.25) is 0 Å². The van der Waals surface area contributed by atoms with Gasteiger partial charge in [-0.05, 0) is 5.92 Å². The predicted octanol–water partition coefficient (Wildman–Crippen LogP) is 8.60. The third-order valence-electron chi connectivity index (χ3n) is 0. The minimum Gasteiger partial charge on any atom is -0.0683 e. The second-order valence-corrected chi connectivity index (χ2v) is 3.15. The van der Waals surface area contributed by atoms with Crippen LogP contribution in [0.3, 0.4) is 0 Å². The number of rotatable bonds is 0. The first kappa shape index (κ1) is 43.0. The molecule has 0 rings (SSSR count). The molecule has 0 heteroatoms. The lowest BCUT2D eigenvalue weighted by Crippen LogP contribution is -1.66. The van der Waals surface area contributed by atoms with Gasteiger partial charge in [0.05, 0.1) is 0 Å². The highest BCUT2D eigenvalue weighted by Gasteiger charge is 1.68. The maximum absolute atomic E-state index is 2.17. The largest absolute Gasteiger partial charge is 0.0683 e. The van der Waals surface area contributed by atoms with E-state index in [-0.39, 0.29) is 0 Å². The van der Waals surface area contributed by atoms with Crippen molar-refractivity contribution in [3.05, 3.63) is 0 Å². The highest BCUT2D eigenvalue weighted by Crippen LogP contribution is 1.81. The summed E-state index contributed by atoms with van der Waals surface area (Å²) in [5, 5.41) is 0. The summed E-state index contributed by atoms with van der Waals surface area (Å²) < 4.78 is 0. The Bertz CT molecular complexity index is 16.5. The fourth-order valence-electron chi connectivity index (χ4n) is 0. The van der Waals surface area contributed by atoms with Crippen LogP contribution >= 0.6 is 0 Å². The van der Waals surface area contributed by atoms with Gasteiger partial charge in [0.2, 0.25) is 0 Å². The molecule has 0 atom stereocenters. The second kappa shape index (κ2) is 174. The molecule has 0 N–H and O–H groups in total. The molecule has 0 fully saturated rings. The molecule has 0 nitrogen and oxygen atoms in total. The predicted molar refractivity (Wildman–Crippen MR) is 97.8 cm³/mol. The van der Waals surface area contributed by atoms with Gasteiger partial charge in [-0.1, -0.05) is 117 Å². The van der Waals surface area contributed by atoms with Gasteiger partial charge < -0.3 is 0 Å². The van der Waals surface area contributed by atoms with Crippen molar-refractivity contribution in [1.82, 2.24) is 0 Å². The van der Waals surface area contributed by atoms with Crippen molar-refractivity contribution >= 4 is 0 Å². The fraction of sp³-hybridized carbons (Fsp3) is 1.00. The smallest absolute Gasteiger partial charge is 0.0500 e. The van der Waals surface area contributed by atoms with E-state index in [2.05, 4.69) is 48.5 Å². The van der Waals surface area contributed by atoms with Crippen molar-refractivity contribution in [3.8, 4) is 0 Å². The Labute approximate surface area is 123 Å². The van der Waals surface area contributed by atoms with Crippen molar-refractivity contribution in [3.63, 3.8) is 0 Å². The third-order valence-corrected chi connectivity index (χ3v) is 0. The van der Waals surface area contributed by atoms with E-state index in [9.17, 15) is 0 Å². The lowest BCUT2D eigenvalue weighted by Gasteiger charge is -1.79. The highest BCUT2D eigenvalue weighted by molar-refractivity contribution is 4.20. The van der Waals surface area contributed by atoms with E-state index >= 15 is 0 Å². The molecule has 18 heavy (non-hydrogen) atoms. The van der Waals surface area contributed by atoms with E-state index in [4.69, 9.17) is 0 Å². The average Bonchev–Trinajstić information content (AvgIpc) is 2.39. The van der Waals surface area contributed by atoms with Gasteiger partial charge in [-0.15, -0.1) is 0 Å². The topological polar surface area (TPSA) is 0 Å². The molecule has 0 unspecified atom stereocenters. The van der Waals surface area contributed by atoms with Gasteiger partial charge in [0.1, 0.15) is 0 Å². The van der Waals surface area contributed by atoms with Crippen LogP contribution in [0.5, 0.6) is 0 Å². The molecule has 0 aromatic carbocycles. The Kier molecular flexibility index (Phi) is 416. The molecular weight excluding hydrogens is 216 g/mol. The summed E-state index contributed by atoms with van der Waals surface area (Å²) in [5.74, 6) is 0.833. The average molecular weight is 267 g/mol. The molecule has 0 spiro atoms. The van der Waals surface area contributed by atoms with Crippen LogP contribution in [0.1, 0.15) is 117 Å². The van der Waals surface area contributed by atoms with Gasteiger partial charge in [-0.2, -0.15) is 0 Å². The Morgan fingerprint density at radius 1 is 0.444 bits per heavy atom. The first-order chi connectivity index (χ1) is 8.56. The Balaban J connectivity index is -0.0000000161. The molecule has 0 saturated heterocycles. The fourth-order valence-corrected chi connectivity index (χ4v) is 0. The summed E-state index contributed by atoms with van der Waals surface area (Å²) in [6, 6.07) is 0. The van der Waals surface area contributed by atoms with E-state index in [1.165, 1.54) is 12.8 Å². The van der Waals surface area contributed by atoms with Gasteiger partial charge >= 0.3 is 0 Å². The van der Waals surface area contributed by atoms with Crippen LogP contribution in [0.25, 0.3) is 0 Å². The summed E-state index contributed by atoms with van der Waals surface area (Å²) in [6.45, 7) is 31.0. The van der Waals surface area contributed by atoms with E-state index in [0.29, 0.717) is 0 Å². The highest BCUT2D eigenvalue weighted by atomic mass is 13.7. The number of hydrogen-bond donors (Lipinski definition) is 0. The van der Waals surface area contributed by atoms with Crippen molar-refractivity contribution in [2.45, 2.75) is 117 Å². The summed E-state index contributed by atoms with van der Waals surface area (Å²) in [7, 11) is 0. The minimum atomic E-state index is 0.833. The van der Waals surface area contributed by atoms with Crippen molar-refractivity contribution in [2.75, 3.05) is 0 Å². The molecule has 122 valence electrons. The van der Waals surface area contributed by atoms with Crippen LogP contribution in [0, 0.1) is 5.92 Å². The molecule has 0 aromatic rings. The zero-order chi connectivity index (χ0) is 17.0. The molecule has 0 saturated carbocycles. The van der Waals surface area contributed by atoms with E-state index in [1.807, 2.05) is 55.4 Å². The lowest BCUT2D eigenvalue weighted by molar-refractivity contribution is 0.737. The zero-order valence-corrected chi connectivity index (χ0v) is 17.0.